The predicted molar refractivity (Wildman–Crippen MR) is 171 cm³/mol. The van der Waals surface area contributed by atoms with Crippen LogP contribution in [0.4, 0.5) is 0 Å². The van der Waals surface area contributed by atoms with Crippen LogP contribution in [-0.2, 0) is 20.8 Å². The van der Waals surface area contributed by atoms with Crippen molar-refractivity contribution >= 4 is 63.0 Å². The Bertz CT molecular complexity index is 2060. The molecular formula is C34H28ClN3O6S. The third-order valence-corrected chi connectivity index (χ3v) is 10.4. The number of likely N-dealkylation sites (tertiary alicyclic amines) is 1. The first-order chi connectivity index (χ1) is 21.7. The van der Waals surface area contributed by atoms with Crippen molar-refractivity contribution in [3.8, 4) is 0 Å². The van der Waals surface area contributed by atoms with Crippen LogP contribution in [0, 0.1) is 18.8 Å². The van der Waals surface area contributed by atoms with Gasteiger partial charge in [0.25, 0.3) is 0 Å². The molecule has 4 heterocycles. The van der Waals surface area contributed by atoms with Gasteiger partial charge in [0.05, 0.1) is 35.1 Å². The largest absolute Gasteiger partial charge is 0.480 e. The smallest absolute Gasteiger partial charge is 0.325 e. The molecule has 0 saturated carbocycles. The highest BCUT2D eigenvalue weighted by Crippen LogP contribution is 2.50. The van der Waals surface area contributed by atoms with Crippen molar-refractivity contribution in [2.75, 3.05) is 12.3 Å². The number of carboxylic acids is 1. The molecule has 0 bridgehead atoms. The number of halogens is 1. The van der Waals surface area contributed by atoms with Gasteiger partial charge < -0.3 is 14.5 Å². The summed E-state index contributed by atoms with van der Waals surface area (Å²) in [5.41, 5.74) is 0.268. The molecule has 7 rings (SSSR count). The summed E-state index contributed by atoms with van der Waals surface area (Å²) in [6.45, 7) is 1.89. The number of hydrogen-bond acceptors (Lipinski definition) is 7. The lowest BCUT2D eigenvalue weighted by Crippen LogP contribution is -2.57. The van der Waals surface area contributed by atoms with E-state index in [1.54, 1.807) is 19.2 Å². The van der Waals surface area contributed by atoms with E-state index in [0.29, 0.717) is 21.9 Å². The highest BCUT2D eigenvalue weighted by atomic mass is 35.5. The molecule has 2 aliphatic heterocycles. The Morgan fingerprint density at radius 3 is 2.58 bits per heavy atom. The number of hydrogen-bond donors (Lipinski definition) is 3. The maximum Gasteiger partial charge on any atom is 0.325 e. The first-order valence-electron chi connectivity index (χ1n) is 14.5. The summed E-state index contributed by atoms with van der Waals surface area (Å²) in [6.07, 6.45) is 2.89. The van der Waals surface area contributed by atoms with Crippen molar-refractivity contribution in [1.82, 2.24) is 15.2 Å². The Labute approximate surface area is 266 Å². The summed E-state index contributed by atoms with van der Waals surface area (Å²) in [4.78, 5) is 60.9. The lowest BCUT2D eigenvalue weighted by Gasteiger charge is -2.31. The average molecular weight is 642 g/mol. The number of aromatic amines is 1. The van der Waals surface area contributed by atoms with Gasteiger partial charge in [-0.25, -0.2) is 0 Å². The number of rotatable bonds is 8. The first kappa shape index (κ1) is 29.3. The van der Waals surface area contributed by atoms with E-state index in [4.69, 9.17) is 16.0 Å². The maximum absolute atomic E-state index is 14.2. The van der Waals surface area contributed by atoms with E-state index in [2.05, 4.69) is 10.3 Å². The summed E-state index contributed by atoms with van der Waals surface area (Å²) in [6, 6.07) is 19.1. The van der Waals surface area contributed by atoms with Crippen LogP contribution in [0.5, 0.6) is 0 Å². The molecule has 2 saturated heterocycles. The molecule has 4 atom stereocenters. The highest BCUT2D eigenvalue weighted by Gasteiger charge is 2.68. The molecule has 2 fully saturated rings. The minimum Gasteiger partial charge on any atom is -0.480 e. The number of H-pyrrole nitrogens is 1. The monoisotopic (exact) mass is 641 g/mol. The number of benzene rings is 3. The second kappa shape index (κ2) is 11.2. The van der Waals surface area contributed by atoms with Crippen LogP contribution in [0.1, 0.15) is 22.7 Å². The second-order valence-electron chi connectivity index (χ2n) is 11.5. The molecule has 2 aromatic heterocycles. The Morgan fingerprint density at radius 2 is 1.80 bits per heavy atom. The van der Waals surface area contributed by atoms with Gasteiger partial charge in [0.1, 0.15) is 11.1 Å². The number of thioether (sulfide) groups is 1. The van der Waals surface area contributed by atoms with Gasteiger partial charge in [-0.15, -0.1) is 11.8 Å². The number of carboxylic acid groups (broad SMARTS) is 1. The molecule has 0 spiro atoms. The number of fused-ring (bicyclic) bond motifs is 3. The topological polar surface area (TPSA) is 133 Å². The summed E-state index contributed by atoms with van der Waals surface area (Å²) in [5, 5.41) is 15.4. The number of carbonyl (C=O) groups is 3. The van der Waals surface area contributed by atoms with Gasteiger partial charge in [0.15, 0.2) is 5.43 Å². The van der Waals surface area contributed by atoms with Crippen LogP contribution in [-0.4, -0.2) is 50.6 Å². The number of aromatic nitrogens is 1. The molecule has 9 nitrogen and oxygen atoms in total. The third kappa shape index (κ3) is 4.75. The first-order valence-corrected chi connectivity index (χ1v) is 15.9. The van der Waals surface area contributed by atoms with Crippen molar-refractivity contribution in [1.29, 1.82) is 0 Å². The molecule has 3 aromatic carbocycles. The van der Waals surface area contributed by atoms with Crippen LogP contribution < -0.4 is 10.7 Å². The van der Waals surface area contributed by atoms with E-state index < -0.39 is 46.6 Å². The fourth-order valence-corrected chi connectivity index (χ4v) is 7.84. The molecule has 2 aliphatic rings. The molecule has 4 unspecified atom stereocenters. The molecule has 0 radical (unpaired) electrons. The van der Waals surface area contributed by atoms with Crippen molar-refractivity contribution in [2.45, 2.75) is 29.8 Å². The summed E-state index contributed by atoms with van der Waals surface area (Å²) < 4.78 is 5.85. The molecule has 228 valence electrons. The van der Waals surface area contributed by atoms with E-state index >= 15 is 0 Å². The predicted octanol–water partition coefficient (Wildman–Crippen LogP) is 5.34. The van der Waals surface area contributed by atoms with E-state index in [0.717, 1.165) is 26.3 Å². The zero-order valence-electron chi connectivity index (χ0n) is 24.1. The maximum atomic E-state index is 14.2. The standard InChI is InChI=1S/C34H28ClN3O6S/c1-18-13-26-22(14-24(18)35)30(39)23(17-44-26)29-27-28(32(41)38(31(27)40)11-12-45-20-7-3-2-4-8-20)34(37-29,33(42)43)15-19-16-36-25-10-6-5-9-21(19)25/h2-10,13-14,16-17,27-29,36-37H,11-12,15H2,1H3,(H,42,43). The van der Waals surface area contributed by atoms with E-state index in [-0.39, 0.29) is 23.9 Å². The molecule has 0 aliphatic carbocycles. The van der Waals surface area contributed by atoms with Gasteiger partial charge in [0.2, 0.25) is 11.8 Å². The van der Waals surface area contributed by atoms with E-state index in [1.807, 2.05) is 54.6 Å². The molecule has 11 heteroatoms. The Kier molecular flexibility index (Phi) is 7.31. The number of aliphatic carboxylic acids is 1. The van der Waals surface area contributed by atoms with Gasteiger partial charge in [-0.2, -0.15) is 0 Å². The summed E-state index contributed by atoms with van der Waals surface area (Å²) in [7, 11) is 0. The SMILES string of the molecule is Cc1cc2occ(C3NC(Cc4c[nH]c5ccccc45)(C(=O)O)C4C(=O)N(CCSc5ccccc5)C(=O)C34)c(=O)c2cc1Cl. The van der Waals surface area contributed by atoms with Crippen molar-refractivity contribution < 1.29 is 23.9 Å². The lowest BCUT2D eigenvalue weighted by atomic mass is 9.76. The molecule has 2 amide bonds. The van der Waals surface area contributed by atoms with Crippen molar-refractivity contribution in [3.05, 3.63) is 111 Å². The van der Waals surface area contributed by atoms with Crippen molar-refractivity contribution in [2.24, 2.45) is 11.8 Å². The number of carbonyl (C=O) groups excluding carboxylic acids is 2. The third-order valence-electron chi connectivity index (χ3n) is 9.01. The van der Waals surface area contributed by atoms with Crippen LogP contribution >= 0.6 is 23.4 Å². The molecule has 3 N–H and O–H groups in total. The Hall–Kier alpha value is -4.38. The van der Waals surface area contributed by atoms with Crippen LogP contribution in [0.15, 0.2) is 93.3 Å². The number of nitrogens with one attached hydrogen (secondary N) is 2. The minimum absolute atomic E-state index is 0.0705. The van der Waals surface area contributed by atoms with Crippen LogP contribution in [0.2, 0.25) is 5.02 Å². The Balaban J connectivity index is 1.32. The number of aryl methyl sites for hydroxylation is 1. The Morgan fingerprint density at radius 1 is 1.04 bits per heavy atom. The van der Waals surface area contributed by atoms with Gasteiger partial charge in [-0.3, -0.25) is 29.4 Å². The van der Waals surface area contributed by atoms with Crippen molar-refractivity contribution in [3.63, 3.8) is 0 Å². The average Bonchev–Trinajstić information content (AvgIpc) is 3.67. The number of para-hydroxylation sites is 1. The molecular weight excluding hydrogens is 614 g/mol. The lowest BCUT2D eigenvalue weighted by molar-refractivity contribution is -0.151. The zero-order chi connectivity index (χ0) is 31.5. The normalized spacial score (nSPS) is 22.9. The van der Waals surface area contributed by atoms with Gasteiger partial charge in [-0.05, 0) is 48.4 Å². The van der Waals surface area contributed by atoms with Gasteiger partial charge in [-0.1, -0.05) is 48.0 Å². The summed E-state index contributed by atoms with van der Waals surface area (Å²) >= 11 is 7.84. The molecule has 45 heavy (non-hydrogen) atoms. The number of imide groups is 1. The second-order valence-corrected chi connectivity index (χ2v) is 13.1. The summed E-state index contributed by atoms with van der Waals surface area (Å²) in [5.74, 6) is -4.34. The fraction of sp³-hybridized carbons (Fsp3) is 0.235. The van der Waals surface area contributed by atoms with Gasteiger partial charge >= 0.3 is 5.97 Å². The van der Waals surface area contributed by atoms with Crippen LogP contribution in [0.3, 0.4) is 0 Å². The molecule has 5 aromatic rings. The van der Waals surface area contributed by atoms with Gasteiger partial charge in [0, 0.05) is 45.7 Å². The zero-order valence-corrected chi connectivity index (χ0v) is 25.7. The van der Waals surface area contributed by atoms with E-state index in [9.17, 15) is 24.3 Å². The number of amides is 2. The quantitative estimate of drug-likeness (QED) is 0.153. The highest BCUT2D eigenvalue weighted by molar-refractivity contribution is 7.99. The fourth-order valence-electron chi connectivity index (χ4n) is 6.82. The van der Waals surface area contributed by atoms with E-state index in [1.165, 1.54) is 24.1 Å². The minimum atomic E-state index is -1.89. The van der Waals surface area contributed by atoms with Crippen LogP contribution in [0.25, 0.3) is 21.9 Å². The number of nitrogens with zero attached hydrogens (tertiary/aromatic N) is 1.